The molecule has 0 bridgehead atoms. The number of sulfone groups is 1. The van der Waals surface area contributed by atoms with Crippen molar-refractivity contribution in [1.29, 1.82) is 0 Å². The smallest absolute Gasteiger partial charge is 0.221 e. The Kier molecular flexibility index (Phi) is 2.84. The van der Waals surface area contributed by atoms with E-state index in [-0.39, 0.29) is 26.1 Å². The molecule has 7 nitrogen and oxygen atoms in total. The van der Waals surface area contributed by atoms with Gasteiger partial charge >= 0.3 is 0 Å². The van der Waals surface area contributed by atoms with E-state index in [4.69, 9.17) is 11.6 Å². The number of benzene rings is 1. The molecule has 0 saturated heterocycles. The normalized spacial score (nSPS) is 12.2. The average molecular weight is 345 g/mol. The van der Waals surface area contributed by atoms with Crippen LogP contribution in [0.1, 0.15) is 0 Å². The van der Waals surface area contributed by atoms with Crippen molar-refractivity contribution in [3.63, 3.8) is 0 Å². The summed E-state index contributed by atoms with van der Waals surface area (Å²) >= 11 is 1.11. The average Bonchev–Trinajstić information content (AvgIpc) is 3.15. The van der Waals surface area contributed by atoms with Crippen LogP contribution in [0.2, 0.25) is 0 Å². The minimum atomic E-state index is -3.81. The summed E-state index contributed by atoms with van der Waals surface area (Å²) in [5.41, 5.74) is 7.56. The van der Waals surface area contributed by atoms with Crippen LogP contribution in [0.5, 0.6) is 0 Å². The molecule has 0 aliphatic rings. The van der Waals surface area contributed by atoms with Crippen LogP contribution in [0.25, 0.3) is 22.2 Å². The van der Waals surface area contributed by atoms with Gasteiger partial charge in [-0.3, -0.25) is 0 Å². The second kappa shape index (κ2) is 4.67. The molecule has 23 heavy (non-hydrogen) atoms. The van der Waals surface area contributed by atoms with E-state index < -0.39 is 9.84 Å². The number of para-hydroxylation sites is 2. The van der Waals surface area contributed by atoms with Crippen molar-refractivity contribution in [3.05, 3.63) is 41.8 Å². The Labute approximate surface area is 135 Å². The molecule has 4 aromatic rings. The molecule has 0 unspecified atom stereocenters. The fraction of sp³-hybridized carbons (Fsp3) is 0. The molecular formula is C14H11N5O2S2. The van der Waals surface area contributed by atoms with Crippen LogP contribution < -0.4 is 11.6 Å². The van der Waals surface area contributed by atoms with Crippen molar-refractivity contribution in [3.8, 4) is 0 Å². The summed E-state index contributed by atoms with van der Waals surface area (Å²) in [6.07, 6.45) is 0. The lowest BCUT2D eigenvalue weighted by atomic mass is 10.3. The lowest BCUT2D eigenvalue weighted by Crippen LogP contribution is -2.13. The highest BCUT2D eigenvalue weighted by atomic mass is 32.2. The molecule has 4 rings (SSSR count). The Morgan fingerprint density at radius 3 is 2.39 bits per heavy atom. The maximum absolute atomic E-state index is 12.9. The fourth-order valence-corrected chi connectivity index (χ4v) is 5.03. The molecule has 9 heteroatoms. The molecule has 3 aromatic heterocycles. The van der Waals surface area contributed by atoms with Crippen LogP contribution in [0.3, 0.4) is 0 Å². The number of hydrogen-bond donors (Lipinski definition) is 2. The highest BCUT2D eigenvalue weighted by Crippen LogP contribution is 2.35. The Balaban J connectivity index is 2.15. The van der Waals surface area contributed by atoms with Crippen molar-refractivity contribution in [2.75, 3.05) is 11.6 Å². The topological polar surface area (TPSA) is 117 Å². The third kappa shape index (κ3) is 1.90. The first-order chi connectivity index (χ1) is 11.0. The number of thiophene rings is 1. The number of nitrogens with two attached hydrogens (primary N) is 2. The maximum Gasteiger partial charge on any atom is 0.221 e. The summed E-state index contributed by atoms with van der Waals surface area (Å²) < 4.78 is 27.0. The third-order valence-electron chi connectivity index (χ3n) is 3.52. The summed E-state index contributed by atoms with van der Waals surface area (Å²) in [4.78, 5) is 8.70. The van der Waals surface area contributed by atoms with Crippen LogP contribution in [0.4, 0.5) is 5.82 Å². The molecule has 0 radical (unpaired) electrons. The van der Waals surface area contributed by atoms with E-state index in [9.17, 15) is 8.42 Å². The van der Waals surface area contributed by atoms with Gasteiger partial charge in [0, 0.05) is 0 Å². The second-order valence-corrected chi connectivity index (χ2v) is 7.97. The van der Waals surface area contributed by atoms with Crippen LogP contribution in [0, 0.1) is 0 Å². The molecule has 0 amide bonds. The van der Waals surface area contributed by atoms with Gasteiger partial charge in [-0.25, -0.2) is 23.1 Å². The van der Waals surface area contributed by atoms with E-state index in [1.165, 1.54) is 6.07 Å². The van der Waals surface area contributed by atoms with E-state index in [0.717, 1.165) is 16.0 Å². The number of hydrogen-bond acceptors (Lipinski definition) is 7. The lowest BCUT2D eigenvalue weighted by molar-refractivity contribution is 0.599. The van der Waals surface area contributed by atoms with Gasteiger partial charge in [-0.2, -0.15) is 0 Å². The maximum atomic E-state index is 12.9. The van der Waals surface area contributed by atoms with Gasteiger partial charge in [0.25, 0.3) is 0 Å². The lowest BCUT2D eigenvalue weighted by Gasteiger charge is -2.01. The predicted molar refractivity (Wildman–Crippen MR) is 89.4 cm³/mol. The summed E-state index contributed by atoms with van der Waals surface area (Å²) in [6, 6.07) is 10.3. The van der Waals surface area contributed by atoms with Gasteiger partial charge in [-0.05, 0) is 23.6 Å². The fourth-order valence-electron chi connectivity index (χ4n) is 2.44. The van der Waals surface area contributed by atoms with E-state index >= 15 is 0 Å². The standard InChI is InChI=1S/C14H11N5O2S2/c15-13-12(23(20,21)10-6-3-7-22-10)11-14(19(13)16)18-9-5-2-1-4-8(9)17-11/h1-7H,15-16H2. The van der Waals surface area contributed by atoms with Crippen molar-refractivity contribution >= 4 is 49.2 Å². The molecule has 0 atom stereocenters. The molecule has 0 aliphatic heterocycles. The Bertz CT molecular complexity index is 1150. The van der Waals surface area contributed by atoms with Gasteiger partial charge in [0.1, 0.15) is 20.4 Å². The number of fused-ring (bicyclic) bond motifs is 2. The number of nitrogens with zero attached hydrogens (tertiary/aromatic N) is 3. The van der Waals surface area contributed by atoms with Crippen LogP contribution in [-0.2, 0) is 9.84 Å². The number of nitrogen functional groups attached to an aromatic ring is 2. The van der Waals surface area contributed by atoms with Crippen LogP contribution >= 0.6 is 11.3 Å². The Morgan fingerprint density at radius 1 is 1.04 bits per heavy atom. The second-order valence-electron chi connectivity index (χ2n) is 4.90. The van der Waals surface area contributed by atoms with Gasteiger partial charge < -0.3 is 11.6 Å². The molecule has 3 heterocycles. The molecule has 116 valence electrons. The van der Waals surface area contributed by atoms with E-state index in [1.54, 1.807) is 29.6 Å². The highest BCUT2D eigenvalue weighted by molar-refractivity contribution is 7.93. The van der Waals surface area contributed by atoms with E-state index in [2.05, 4.69) is 9.97 Å². The minimum Gasteiger partial charge on any atom is -0.382 e. The van der Waals surface area contributed by atoms with Gasteiger partial charge in [0.2, 0.25) is 9.84 Å². The monoisotopic (exact) mass is 345 g/mol. The van der Waals surface area contributed by atoms with Crippen molar-refractivity contribution in [2.24, 2.45) is 0 Å². The summed E-state index contributed by atoms with van der Waals surface area (Å²) in [6.45, 7) is 0. The molecule has 1 aromatic carbocycles. The SMILES string of the molecule is Nc1c(S(=O)(=O)c2cccs2)c2nc3ccccc3nc2n1N. The zero-order chi connectivity index (χ0) is 16.2. The molecule has 0 saturated carbocycles. The quantitative estimate of drug-likeness (QED) is 0.535. The highest BCUT2D eigenvalue weighted by Gasteiger charge is 2.30. The van der Waals surface area contributed by atoms with Gasteiger partial charge in [-0.1, -0.05) is 18.2 Å². The first-order valence-electron chi connectivity index (χ1n) is 6.60. The van der Waals surface area contributed by atoms with E-state index in [1.807, 2.05) is 6.07 Å². The first-order valence-corrected chi connectivity index (χ1v) is 8.97. The third-order valence-corrected chi connectivity index (χ3v) is 6.73. The number of rotatable bonds is 2. The number of aromatic nitrogens is 3. The van der Waals surface area contributed by atoms with Crippen molar-refractivity contribution in [2.45, 2.75) is 9.10 Å². The zero-order valence-corrected chi connectivity index (χ0v) is 13.3. The number of anilines is 1. The van der Waals surface area contributed by atoms with Crippen LogP contribution in [0.15, 0.2) is 50.9 Å². The van der Waals surface area contributed by atoms with Gasteiger partial charge in [-0.15, -0.1) is 11.3 Å². The summed E-state index contributed by atoms with van der Waals surface area (Å²) in [5, 5.41) is 1.69. The van der Waals surface area contributed by atoms with Crippen molar-refractivity contribution < 1.29 is 8.42 Å². The molecule has 4 N–H and O–H groups in total. The minimum absolute atomic E-state index is 0.0799. The molecule has 0 spiro atoms. The summed E-state index contributed by atoms with van der Waals surface area (Å²) in [5.74, 6) is 5.83. The predicted octanol–water partition coefficient (Wildman–Crippen LogP) is 1.77. The first kappa shape index (κ1) is 14.0. The van der Waals surface area contributed by atoms with Gasteiger partial charge in [0.15, 0.2) is 5.65 Å². The Morgan fingerprint density at radius 2 is 1.74 bits per heavy atom. The van der Waals surface area contributed by atoms with Crippen molar-refractivity contribution in [1.82, 2.24) is 14.6 Å². The molecule has 0 fully saturated rings. The molecule has 0 aliphatic carbocycles. The van der Waals surface area contributed by atoms with Crippen LogP contribution in [-0.4, -0.2) is 23.1 Å². The Hall–Kier alpha value is -2.65. The summed E-state index contributed by atoms with van der Waals surface area (Å²) in [7, 11) is -3.81. The van der Waals surface area contributed by atoms with Gasteiger partial charge in [0.05, 0.1) is 11.0 Å². The largest absolute Gasteiger partial charge is 0.382 e. The molecular weight excluding hydrogens is 334 g/mol. The van der Waals surface area contributed by atoms with E-state index in [0.29, 0.717) is 11.0 Å². The zero-order valence-electron chi connectivity index (χ0n) is 11.7.